The molecule has 0 fully saturated rings. The fraction of sp³-hybridized carbons (Fsp3) is 0.130. The summed E-state index contributed by atoms with van der Waals surface area (Å²) in [5.74, 6) is 0.509. The zero-order valence-electron chi connectivity index (χ0n) is 16.0. The predicted octanol–water partition coefficient (Wildman–Crippen LogP) is 4.99. The molecule has 3 aromatic carbocycles. The van der Waals surface area contributed by atoms with Crippen molar-refractivity contribution < 1.29 is 19.1 Å². The van der Waals surface area contributed by atoms with E-state index in [1.54, 1.807) is 80.8 Å². The third-order valence-electron chi connectivity index (χ3n) is 4.24. The van der Waals surface area contributed by atoms with Crippen LogP contribution >= 0.6 is 11.6 Å². The van der Waals surface area contributed by atoms with Gasteiger partial charge in [-0.1, -0.05) is 48.0 Å². The summed E-state index contributed by atoms with van der Waals surface area (Å²) in [5.41, 5.74) is 1.19. The topological polar surface area (TPSA) is 64.6 Å². The highest BCUT2D eigenvalue weighted by atomic mass is 35.5. The molecule has 0 aromatic heterocycles. The molecule has 6 heteroatoms. The van der Waals surface area contributed by atoms with Crippen LogP contribution in [0, 0.1) is 0 Å². The molecule has 3 aromatic rings. The number of ether oxygens (including phenoxy) is 2. The van der Waals surface area contributed by atoms with E-state index >= 15 is 0 Å². The van der Waals surface area contributed by atoms with Crippen LogP contribution in [0.3, 0.4) is 0 Å². The first kappa shape index (κ1) is 20.4. The van der Waals surface area contributed by atoms with Crippen LogP contribution in [0.5, 0.6) is 11.5 Å². The average molecular weight is 410 g/mol. The number of carbonyl (C=O) groups is 2. The third kappa shape index (κ3) is 5.15. The SMILES string of the molecule is COc1cccc(OC(C)C(=O)Nc2ccc(Cl)cc2C(=O)c2ccccc2)c1. The van der Waals surface area contributed by atoms with E-state index in [1.807, 2.05) is 6.07 Å². The summed E-state index contributed by atoms with van der Waals surface area (Å²) < 4.78 is 10.9. The highest BCUT2D eigenvalue weighted by molar-refractivity contribution is 6.31. The van der Waals surface area contributed by atoms with Crippen LogP contribution in [0.15, 0.2) is 72.8 Å². The molecule has 5 nitrogen and oxygen atoms in total. The van der Waals surface area contributed by atoms with Crippen molar-refractivity contribution in [2.24, 2.45) is 0 Å². The minimum atomic E-state index is -0.794. The summed E-state index contributed by atoms with van der Waals surface area (Å²) in [4.78, 5) is 25.5. The lowest BCUT2D eigenvalue weighted by Gasteiger charge is -2.17. The van der Waals surface area contributed by atoms with Crippen molar-refractivity contribution in [3.05, 3.63) is 88.9 Å². The van der Waals surface area contributed by atoms with Gasteiger partial charge in [-0.15, -0.1) is 0 Å². The van der Waals surface area contributed by atoms with Gasteiger partial charge in [-0.05, 0) is 37.3 Å². The molecule has 1 atom stereocenters. The summed E-state index contributed by atoms with van der Waals surface area (Å²) >= 11 is 6.08. The summed E-state index contributed by atoms with van der Waals surface area (Å²) in [6.45, 7) is 1.63. The molecule has 0 spiro atoms. The smallest absolute Gasteiger partial charge is 0.265 e. The summed E-state index contributed by atoms with van der Waals surface area (Å²) in [6, 6.07) is 20.6. The maximum Gasteiger partial charge on any atom is 0.265 e. The van der Waals surface area contributed by atoms with Gasteiger partial charge in [0.05, 0.1) is 12.8 Å². The van der Waals surface area contributed by atoms with Crippen molar-refractivity contribution in [2.45, 2.75) is 13.0 Å². The first-order valence-electron chi connectivity index (χ1n) is 8.99. The Balaban J connectivity index is 1.78. The number of methoxy groups -OCH3 is 1. The number of nitrogens with one attached hydrogen (secondary N) is 1. The number of carbonyl (C=O) groups excluding carboxylic acids is 2. The number of anilines is 1. The predicted molar refractivity (Wildman–Crippen MR) is 113 cm³/mol. The summed E-state index contributed by atoms with van der Waals surface area (Å²) in [5, 5.41) is 3.17. The Labute approximate surface area is 174 Å². The number of ketones is 1. The van der Waals surface area contributed by atoms with E-state index in [2.05, 4.69) is 5.32 Å². The van der Waals surface area contributed by atoms with E-state index in [0.717, 1.165) is 0 Å². The summed E-state index contributed by atoms with van der Waals surface area (Å²) in [7, 11) is 1.56. The third-order valence-corrected chi connectivity index (χ3v) is 4.48. The van der Waals surface area contributed by atoms with Gasteiger partial charge in [0, 0.05) is 22.2 Å². The van der Waals surface area contributed by atoms with Crippen LogP contribution in [-0.4, -0.2) is 24.9 Å². The minimum absolute atomic E-state index is 0.232. The first-order chi connectivity index (χ1) is 14.0. The molecule has 29 heavy (non-hydrogen) atoms. The minimum Gasteiger partial charge on any atom is -0.497 e. The fourth-order valence-corrected chi connectivity index (χ4v) is 2.90. The fourth-order valence-electron chi connectivity index (χ4n) is 2.72. The van der Waals surface area contributed by atoms with Gasteiger partial charge in [-0.2, -0.15) is 0 Å². The number of benzene rings is 3. The first-order valence-corrected chi connectivity index (χ1v) is 9.36. The maximum absolute atomic E-state index is 12.9. The Morgan fingerprint density at radius 1 is 0.931 bits per heavy atom. The van der Waals surface area contributed by atoms with Gasteiger partial charge in [0.15, 0.2) is 11.9 Å². The molecule has 1 amide bonds. The van der Waals surface area contributed by atoms with Crippen molar-refractivity contribution in [1.82, 2.24) is 0 Å². The largest absolute Gasteiger partial charge is 0.497 e. The van der Waals surface area contributed by atoms with Crippen LogP contribution in [0.1, 0.15) is 22.8 Å². The Hall–Kier alpha value is -3.31. The van der Waals surface area contributed by atoms with E-state index in [-0.39, 0.29) is 5.78 Å². The van der Waals surface area contributed by atoms with Gasteiger partial charge >= 0.3 is 0 Å². The van der Waals surface area contributed by atoms with Crippen LogP contribution in [0.4, 0.5) is 5.69 Å². The van der Waals surface area contributed by atoms with E-state index in [0.29, 0.717) is 33.3 Å². The molecule has 0 aliphatic rings. The number of rotatable bonds is 7. The molecule has 3 rings (SSSR count). The van der Waals surface area contributed by atoms with Gasteiger partial charge in [-0.25, -0.2) is 0 Å². The lowest BCUT2D eigenvalue weighted by Crippen LogP contribution is -2.30. The molecule has 0 aliphatic heterocycles. The number of hydrogen-bond donors (Lipinski definition) is 1. The zero-order chi connectivity index (χ0) is 20.8. The normalized spacial score (nSPS) is 11.4. The molecule has 1 unspecified atom stereocenters. The Kier molecular flexibility index (Phi) is 6.52. The standard InChI is InChI=1S/C23H20ClNO4/c1-15(29-19-10-6-9-18(14-19)28-2)23(27)25-21-12-11-17(24)13-20(21)22(26)16-7-4-3-5-8-16/h3-15H,1-2H3,(H,25,27). The van der Waals surface area contributed by atoms with Crippen molar-refractivity contribution >= 4 is 29.0 Å². The Morgan fingerprint density at radius 2 is 1.66 bits per heavy atom. The van der Waals surface area contributed by atoms with Crippen LogP contribution in [0.2, 0.25) is 5.02 Å². The Morgan fingerprint density at radius 3 is 2.38 bits per heavy atom. The van der Waals surface area contributed by atoms with Crippen molar-refractivity contribution in [1.29, 1.82) is 0 Å². The number of halogens is 1. The van der Waals surface area contributed by atoms with E-state index in [1.165, 1.54) is 0 Å². The monoisotopic (exact) mass is 409 g/mol. The van der Waals surface area contributed by atoms with Gasteiger partial charge < -0.3 is 14.8 Å². The highest BCUT2D eigenvalue weighted by Gasteiger charge is 2.20. The number of hydrogen-bond acceptors (Lipinski definition) is 4. The zero-order valence-corrected chi connectivity index (χ0v) is 16.8. The van der Waals surface area contributed by atoms with Crippen LogP contribution < -0.4 is 14.8 Å². The van der Waals surface area contributed by atoms with Gasteiger partial charge in [-0.3, -0.25) is 9.59 Å². The second kappa shape index (κ2) is 9.26. The molecular formula is C23H20ClNO4. The average Bonchev–Trinajstić information content (AvgIpc) is 2.75. The van der Waals surface area contributed by atoms with Crippen LogP contribution in [-0.2, 0) is 4.79 Å². The second-order valence-electron chi connectivity index (χ2n) is 6.31. The van der Waals surface area contributed by atoms with Gasteiger partial charge in [0.25, 0.3) is 5.91 Å². The van der Waals surface area contributed by atoms with E-state index in [9.17, 15) is 9.59 Å². The van der Waals surface area contributed by atoms with Crippen molar-refractivity contribution in [2.75, 3.05) is 12.4 Å². The lowest BCUT2D eigenvalue weighted by atomic mass is 10.0. The molecule has 0 saturated carbocycles. The molecule has 148 valence electrons. The highest BCUT2D eigenvalue weighted by Crippen LogP contribution is 2.25. The van der Waals surface area contributed by atoms with E-state index < -0.39 is 12.0 Å². The molecule has 0 bridgehead atoms. The Bertz CT molecular complexity index is 1020. The molecular weight excluding hydrogens is 390 g/mol. The number of amides is 1. The quantitative estimate of drug-likeness (QED) is 0.558. The molecule has 0 heterocycles. The molecule has 0 saturated heterocycles. The van der Waals surface area contributed by atoms with Gasteiger partial charge in [0.2, 0.25) is 0 Å². The lowest BCUT2D eigenvalue weighted by molar-refractivity contribution is -0.122. The maximum atomic E-state index is 12.9. The molecule has 1 N–H and O–H groups in total. The second-order valence-corrected chi connectivity index (χ2v) is 6.75. The van der Waals surface area contributed by atoms with E-state index in [4.69, 9.17) is 21.1 Å². The molecule has 0 aliphatic carbocycles. The van der Waals surface area contributed by atoms with Gasteiger partial charge in [0.1, 0.15) is 11.5 Å². The summed E-state index contributed by atoms with van der Waals surface area (Å²) in [6.07, 6.45) is -0.794. The van der Waals surface area contributed by atoms with Crippen molar-refractivity contribution in [3.63, 3.8) is 0 Å². The van der Waals surface area contributed by atoms with Crippen molar-refractivity contribution in [3.8, 4) is 11.5 Å². The van der Waals surface area contributed by atoms with Crippen LogP contribution in [0.25, 0.3) is 0 Å². The molecule has 0 radical (unpaired) electrons.